The Kier molecular flexibility index (Phi) is 11.1. The fourth-order valence-corrected chi connectivity index (χ4v) is 5.92. The highest BCUT2D eigenvalue weighted by atomic mass is 16.5. The van der Waals surface area contributed by atoms with Crippen LogP contribution in [0.1, 0.15) is 34.7 Å². The van der Waals surface area contributed by atoms with E-state index in [0.29, 0.717) is 45.8 Å². The SMILES string of the molecule is CCOC(=O)C(Cc1ccccc1)(CN(Cc1ccccc1)Cc1ccccc1)N(Cc1ccccc1)Cc1ccccc1. The van der Waals surface area contributed by atoms with Crippen LogP contribution in [-0.2, 0) is 42.1 Å². The molecule has 0 saturated heterocycles. The average Bonchev–Trinajstić information content (AvgIpc) is 3.06. The van der Waals surface area contributed by atoms with Gasteiger partial charge in [-0.2, -0.15) is 0 Å². The molecule has 4 nitrogen and oxygen atoms in total. The average molecular weight is 583 g/mol. The molecule has 0 spiro atoms. The summed E-state index contributed by atoms with van der Waals surface area (Å²) in [7, 11) is 0. The molecular weight excluding hydrogens is 540 g/mol. The molecule has 0 aliphatic carbocycles. The summed E-state index contributed by atoms with van der Waals surface area (Å²) in [6.45, 7) is 5.32. The van der Waals surface area contributed by atoms with E-state index >= 15 is 0 Å². The van der Waals surface area contributed by atoms with Crippen molar-refractivity contribution in [1.29, 1.82) is 0 Å². The molecule has 44 heavy (non-hydrogen) atoms. The van der Waals surface area contributed by atoms with Crippen LogP contribution in [0.4, 0.5) is 0 Å². The van der Waals surface area contributed by atoms with Crippen molar-refractivity contribution in [2.45, 2.75) is 45.1 Å². The van der Waals surface area contributed by atoms with Crippen LogP contribution in [0.2, 0.25) is 0 Å². The van der Waals surface area contributed by atoms with Gasteiger partial charge in [-0.05, 0) is 34.7 Å². The van der Waals surface area contributed by atoms with Crippen LogP contribution in [-0.4, -0.2) is 34.5 Å². The van der Waals surface area contributed by atoms with Crippen molar-refractivity contribution < 1.29 is 9.53 Å². The Bertz CT molecular complexity index is 1450. The van der Waals surface area contributed by atoms with Crippen molar-refractivity contribution >= 4 is 5.97 Å². The molecule has 1 unspecified atom stereocenters. The summed E-state index contributed by atoms with van der Waals surface area (Å²) in [5.41, 5.74) is 4.85. The lowest BCUT2D eigenvalue weighted by Crippen LogP contribution is -2.62. The number of nitrogens with zero attached hydrogens (tertiary/aromatic N) is 2. The lowest BCUT2D eigenvalue weighted by atomic mass is 9.86. The van der Waals surface area contributed by atoms with Gasteiger partial charge in [0.05, 0.1) is 6.61 Å². The monoisotopic (exact) mass is 582 g/mol. The minimum atomic E-state index is -0.980. The first kappa shape index (κ1) is 30.9. The second-order valence-electron chi connectivity index (χ2n) is 11.4. The molecule has 0 N–H and O–H groups in total. The predicted octanol–water partition coefficient (Wildman–Crippen LogP) is 7.94. The molecule has 0 aliphatic rings. The maximum atomic E-state index is 14.6. The Labute approximate surface area is 262 Å². The molecule has 224 valence electrons. The quantitative estimate of drug-likeness (QED) is 0.117. The van der Waals surface area contributed by atoms with Gasteiger partial charge >= 0.3 is 5.97 Å². The number of benzene rings is 5. The number of carbonyl (C=O) groups is 1. The number of ether oxygens (including phenoxy) is 1. The number of hydrogen-bond acceptors (Lipinski definition) is 4. The van der Waals surface area contributed by atoms with E-state index in [1.807, 2.05) is 37.3 Å². The Morgan fingerprint density at radius 3 is 1.23 bits per heavy atom. The van der Waals surface area contributed by atoms with Crippen LogP contribution >= 0.6 is 0 Å². The first-order chi connectivity index (χ1) is 21.6. The standard InChI is InChI=1S/C40H42N2O2/c1-2-44-39(43)40(28-34-18-8-3-9-19-34,42(31-37-24-14-6-15-25-37)32-38-26-16-7-17-27-38)33-41(29-35-20-10-4-11-21-35)30-36-22-12-5-13-23-36/h3-27H,2,28-33H2,1H3. The molecule has 0 saturated carbocycles. The van der Waals surface area contributed by atoms with Crippen molar-refractivity contribution in [3.05, 3.63) is 179 Å². The molecule has 5 aromatic rings. The number of hydrogen-bond donors (Lipinski definition) is 0. The second kappa shape index (κ2) is 15.8. The van der Waals surface area contributed by atoms with Crippen LogP contribution in [0.3, 0.4) is 0 Å². The normalized spacial score (nSPS) is 12.6. The van der Waals surface area contributed by atoms with Gasteiger partial charge in [0.2, 0.25) is 0 Å². The van der Waals surface area contributed by atoms with Gasteiger partial charge in [0, 0.05) is 39.1 Å². The molecular formula is C40H42N2O2. The van der Waals surface area contributed by atoms with Crippen LogP contribution in [0.5, 0.6) is 0 Å². The largest absolute Gasteiger partial charge is 0.465 e. The van der Waals surface area contributed by atoms with E-state index in [1.54, 1.807) is 0 Å². The number of carbonyl (C=O) groups excluding carboxylic acids is 1. The van der Waals surface area contributed by atoms with E-state index in [0.717, 1.165) is 16.7 Å². The highest BCUT2D eigenvalue weighted by molar-refractivity contribution is 5.82. The molecule has 0 fully saturated rings. The number of rotatable bonds is 15. The predicted molar refractivity (Wildman–Crippen MR) is 179 cm³/mol. The molecule has 0 bridgehead atoms. The second-order valence-corrected chi connectivity index (χ2v) is 11.4. The Morgan fingerprint density at radius 2 is 0.864 bits per heavy atom. The minimum Gasteiger partial charge on any atom is -0.465 e. The van der Waals surface area contributed by atoms with E-state index < -0.39 is 5.54 Å². The molecule has 0 aromatic heterocycles. The molecule has 0 radical (unpaired) electrons. The van der Waals surface area contributed by atoms with Crippen LogP contribution in [0.25, 0.3) is 0 Å². The third-order valence-corrected chi connectivity index (χ3v) is 8.02. The lowest BCUT2D eigenvalue weighted by Gasteiger charge is -2.45. The smallest absolute Gasteiger partial charge is 0.328 e. The highest BCUT2D eigenvalue weighted by Gasteiger charge is 2.47. The van der Waals surface area contributed by atoms with Crippen molar-refractivity contribution in [3.63, 3.8) is 0 Å². The Balaban J connectivity index is 1.64. The summed E-state index contributed by atoms with van der Waals surface area (Å²) in [4.78, 5) is 19.4. The molecule has 0 heterocycles. The highest BCUT2D eigenvalue weighted by Crippen LogP contribution is 2.31. The van der Waals surface area contributed by atoms with Crippen molar-refractivity contribution in [3.8, 4) is 0 Å². The van der Waals surface area contributed by atoms with Gasteiger partial charge in [-0.1, -0.05) is 152 Å². The van der Waals surface area contributed by atoms with Crippen molar-refractivity contribution in [2.24, 2.45) is 0 Å². The van der Waals surface area contributed by atoms with Gasteiger partial charge in [-0.3, -0.25) is 9.80 Å². The fraction of sp³-hybridized carbons (Fsp3) is 0.225. The fourth-order valence-electron chi connectivity index (χ4n) is 5.92. The summed E-state index contributed by atoms with van der Waals surface area (Å²) >= 11 is 0. The van der Waals surface area contributed by atoms with Gasteiger partial charge in [0.25, 0.3) is 0 Å². The molecule has 0 amide bonds. The van der Waals surface area contributed by atoms with E-state index in [2.05, 4.69) is 131 Å². The van der Waals surface area contributed by atoms with Crippen LogP contribution < -0.4 is 0 Å². The third-order valence-electron chi connectivity index (χ3n) is 8.02. The zero-order valence-electron chi connectivity index (χ0n) is 25.6. The first-order valence-electron chi connectivity index (χ1n) is 15.5. The Hall–Kier alpha value is -4.51. The third kappa shape index (κ3) is 8.53. The summed E-state index contributed by atoms with van der Waals surface area (Å²) in [5, 5.41) is 0. The molecule has 5 aromatic carbocycles. The summed E-state index contributed by atoms with van der Waals surface area (Å²) in [6, 6.07) is 52.3. The van der Waals surface area contributed by atoms with Crippen LogP contribution in [0.15, 0.2) is 152 Å². The summed E-state index contributed by atoms with van der Waals surface area (Å²) in [6.07, 6.45) is 0.520. The topological polar surface area (TPSA) is 32.8 Å². The molecule has 1 atom stereocenters. The van der Waals surface area contributed by atoms with Crippen LogP contribution in [0, 0.1) is 0 Å². The Morgan fingerprint density at radius 1 is 0.523 bits per heavy atom. The van der Waals surface area contributed by atoms with Crippen molar-refractivity contribution in [2.75, 3.05) is 13.2 Å². The lowest BCUT2D eigenvalue weighted by molar-refractivity contribution is -0.161. The summed E-state index contributed by atoms with van der Waals surface area (Å²) < 4.78 is 6.03. The van der Waals surface area contributed by atoms with Gasteiger partial charge in [0.1, 0.15) is 5.54 Å². The maximum absolute atomic E-state index is 14.6. The van der Waals surface area contributed by atoms with Gasteiger partial charge in [-0.15, -0.1) is 0 Å². The van der Waals surface area contributed by atoms with Gasteiger partial charge in [0.15, 0.2) is 0 Å². The molecule has 0 aliphatic heterocycles. The zero-order valence-corrected chi connectivity index (χ0v) is 25.6. The van der Waals surface area contributed by atoms with Gasteiger partial charge in [-0.25, -0.2) is 4.79 Å². The molecule has 5 rings (SSSR count). The van der Waals surface area contributed by atoms with Crippen molar-refractivity contribution in [1.82, 2.24) is 9.80 Å². The van der Waals surface area contributed by atoms with E-state index in [9.17, 15) is 4.79 Å². The number of esters is 1. The molecule has 4 heteroatoms. The minimum absolute atomic E-state index is 0.193. The zero-order chi connectivity index (χ0) is 30.5. The van der Waals surface area contributed by atoms with E-state index in [1.165, 1.54) is 11.1 Å². The maximum Gasteiger partial charge on any atom is 0.328 e. The first-order valence-corrected chi connectivity index (χ1v) is 15.5. The van der Waals surface area contributed by atoms with E-state index in [-0.39, 0.29) is 5.97 Å². The van der Waals surface area contributed by atoms with E-state index in [4.69, 9.17) is 4.74 Å². The van der Waals surface area contributed by atoms with Gasteiger partial charge < -0.3 is 4.74 Å². The summed E-state index contributed by atoms with van der Waals surface area (Å²) in [5.74, 6) is -0.193.